The van der Waals surface area contributed by atoms with Crippen LogP contribution < -0.4 is 5.69 Å². The first-order chi connectivity index (χ1) is 10.2. The number of unbranched alkanes of at least 4 members (excludes halogenated alkanes) is 2. The molecule has 6 nitrogen and oxygen atoms in total. The highest BCUT2D eigenvalue weighted by Gasteiger charge is 2.07. The van der Waals surface area contributed by atoms with Crippen LogP contribution in [0.5, 0.6) is 0 Å². The lowest BCUT2D eigenvalue weighted by molar-refractivity contribution is 0.0460. The molecule has 0 fully saturated rings. The van der Waals surface area contributed by atoms with Crippen LogP contribution in [-0.2, 0) is 11.5 Å². The van der Waals surface area contributed by atoms with Gasteiger partial charge in [0.15, 0.2) is 5.76 Å². The van der Waals surface area contributed by atoms with Crippen molar-refractivity contribution in [3.05, 3.63) is 28.5 Å². The first kappa shape index (κ1) is 15.3. The molecule has 2 aromatic rings. The van der Waals surface area contributed by atoms with E-state index in [1.165, 1.54) is 4.57 Å². The second-order valence-corrected chi connectivity index (χ2v) is 4.53. The highest BCUT2D eigenvalue weighted by atomic mass is 16.5. The average Bonchev–Trinajstić information content (AvgIpc) is 2.85. The number of fused-ring (bicyclic) bond motifs is 1. The van der Waals surface area contributed by atoms with Gasteiger partial charge in [-0.25, -0.2) is 4.79 Å². The summed E-state index contributed by atoms with van der Waals surface area (Å²) in [6, 6.07) is 1.75. The van der Waals surface area contributed by atoms with E-state index in [0.717, 1.165) is 19.3 Å². The molecule has 21 heavy (non-hydrogen) atoms. The van der Waals surface area contributed by atoms with Gasteiger partial charge in [-0.1, -0.05) is 19.3 Å². The van der Waals surface area contributed by atoms with E-state index < -0.39 is 5.69 Å². The Balaban J connectivity index is 2.18. The molecule has 0 radical (unpaired) electrons. The molecule has 2 heterocycles. The van der Waals surface area contributed by atoms with Gasteiger partial charge in [0.2, 0.25) is 5.71 Å². The van der Waals surface area contributed by atoms with Gasteiger partial charge in [-0.3, -0.25) is 4.57 Å². The Morgan fingerprint density at radius 2 is 2.38 bits per heavy atom. The third kappa shape index (κ3) is 4.18. The van der Waals surface area contributed by atoms with Crippen LogP contribution in [-0.4, -0.2) is 27.9 Å². The molecule has 0 unspecified atom stereocenters. The SMILES string of the molecule is CCCCC#Cc1cc2cn(COCCO)c(=O)nc2o1. The van der Waals surface area contributed by atoms with E-state index in [1.807, 2.05) is 0 Å². The summed E-state index contributed by atoms with van der Waals surface area (Å²) < 4.78 is 11.9. The lowest BCUT2D eigenvalue weighted by Gasteiger charge is -2.04. The number of ether oxygens (including phenoxy) is 1. The van der Waals surface area contributed by atoms with Crippen molar-refractivity contribution in [2.24, 2.45) is 0 Å². The Morgan fingerprint density at radius 3 is 3.14 bits per heavy atom. The highest BCUT2D eigenvalue weighted by Crippen LogP contribution is 2.14. The summed E-state index contributed by atoms with van der Waals surface area (Å²) in [5, 5.41) is 9.35. The lowest BCUT2D eigenvalue weighted by Crippen LogP contribution is -2.23. The number of hydrogen-bond acceptors (Lipinski definition) is 5. The summed E-state index contributed by atoms with van der Waals surface area (Å²) >= 11 is 0. The summed E-state index contributed by atoms with van der Waals surface area (Å²) in [5.41, 5.74) is -0.182. The van der Waals surface area contributed by atoms with Crippen molar-refractivity contribution in [1.29, 1.82) is 0 Å². The summed E-state index contributed by atoms with van der Waals surface area (Å²) in [7, 11) is 0. The molecular weight excluding hydrogens is 272 g/mol. The van der Waals surface area contributed by atoms with Gasteiger partial charge in [0, 0.05) is 18.7 Å². The number of nitrogens with zero attached hydrogens (tertiary/aromatic N) is 2. The van der Waals surface area contributed by atoms with Crippen molar-refractivity contribution in [2.45, 2.75) is 32.9 Å². The van der Waals surface area contributed by atoms with Crippen LogP contribution in [0.2, 0.25) is 0 Å². The molecule has 0 aliphatic carbocycles. The summed E-state index contributed by atoms with van der Waals surface area (Å²) in [4.78, 5) is 15.6. The van der Waals surface area contributed by atoms with Gasteiger partial charge in [0.05, 0.1) is 18.6 Å². The number of hydrogen-bond donors (Lipinski definition) is 1. The summed E-state index contributed by atoms with van der Waals surface area (Å²) in [5.74, 6) is 6.46. The van der Waals surface area contributed by atoms with Gasteiger partial charge in [0.25, 0.3) is 0 Å². The third-order valence-corrected chi connectivity index (χ3v) is 2.81. The third-order valence-electron chi connectivity index (χ3n) is 2.81. The minimum atomic E-state index is -0.458. The van der Waals surface area contributed by atoms with Gasteiger partial charge < -0.3 is 14.3 Å². The Kier molecular flexibility index (Phi) is 5.55. The molecule has 112 valence electrons. The van der Waals surface area contributed by atoms with Crippen LogP contribution in [0.4, 0.5) is 0 Å². The number of furan rings is 1. The van der Waals surface area contributed by atoms with E-state index >= 15 is 0 Å². The van der Waals surface area contributed by atoms with Gasteiger partial charge in [0.1, 0.15) is 6.73 Å². The predicted octanol–water partition coefficient (Wildman–Crippen LogP) is 1.50. The lowest BCUT2D eigenvalue weighted by atomic mass is 10.2. The topological polar surface area (TPSA) is 77.5 Å². The van der Waals surface area contributed by atoms with Crippen molar-refractivity contribution in [1.82, 2.24) is 9.55 Å². The molecule has 6 heteroatoms. The van der Waals surface area contributed by atoms with Gasteiger partial charge in [-0.2, -0.15) is 4.98 Å². The molecular formula is C15H18N2O4. The van der Waals surface area contributed by atoms with E-state index in [9.17, 15) is 4.79 Å². The smallest absolute Gasteiger partial charge is 0.352 e. The zero-order valence-electron chi connectivity index (χ0n) is 12.0. The average molecular weight is 290 g/mol. The van der Waals surface area contributed by atoms with E-state index in [2.05, 4.69) is 23.7 Å². The molecule has 0 atom stereocenters. The van der Waals surface area contributed by atoms with E-state index in [1.54, 1.807) is 12.3 Å². The standard InChI is InChI=1S/C15H18N2O4/c1-2-3-4-5-6-13-9-12-10-17(11-20-8-7-18)15(19)16-14(12)21-13/h9-10,18H,2-4,7-8,11H2,1H3. The maximum atomic E-state index is 11.7. The van der Waals surface area contributed by atoms with E-state index in [4.69, 9.17) is 14.3 Å². The second-order valence-electron chi connectivity index (χ2n) is 4.53. The minimum absolute atomic E-state index is 0.0467. The highest BCUT2D eigenvalue weighted by molar-refractivity contribution is 5.73. The molecule has 0 amide bonds. The Bertz CT molecular complexity index is 706. The van der Waals surface area contributed by atoms with E-state index in [-0.39, 0.29) is 25.7 Å². The molecule has 0 bridgehead atoms. The number of aromatic nitrogens is 2. The van der Waals surface area contributed by atoms with Crippen LogP contribution in [0.15, 0.2) is 21.5 Å². The zero-order chi connectivity index (χ0) is 15.1. The van der Waals surface area contributed by atoms with Crippen molar-refractivity contribution in [3.8, 4) is 11.8 Å². The maximum Gasteiger partial charge on any atom is 0.352 e. The fraction of sp³-hybridized carbons (Fsp3) is 0.467. The monoisotopic (exact) mass is 290 g/mol. The molecule has 1 N–H and O–H groups in total. The van der Waals surface area contributed by atoms with Crippen LogP contribution in [0, 0.1) is 11.8 Å². The summed E-state index contributed by atoms with van der Waals surface area (Å²) in [6.07, 6.45) is 4.59. The zero-order valence-corrected chi connectivity index (χ0v) is 12.0. The van der Waals surface area contributed by atoms with Crippen LogP contribution >= 0.6 is 0 Å². The van der Waals surface area contributed by atoms with Gasteiger partial charge >= 0.3 is 5.69 Å². The number of aliphatic hydroxyl groups excluding tert-OH is 1. The molecule has 2 rings (SSSR count). The molecule has 2 aromatic heterocycles. The van der Waals surface area contributed by atoms with Crippen molar-refractivity contribution < 1.29 is 14.3 Å². The fourth-order valence-corrected chi connectivity index (χ4v) is 1.75. The van der Waals surface area contributed by atoms with Gasteiger partial charge in [-0.05, 0) is 12.3 Å². The van der Waals surface area contributed by atoms with E-state index in [0.29, 0.717) is 11.1 Å². The van der Waals surface area contributed by atoms with Crippen molar-refractivity contribution in [2.75, 3.05) is 13.2 Å². The van der Waals surface area contributed by atoms with Crippen molar-refractivity contribution in [3.63, 3.8) is 0 Å². The largest absolute Gasteiger partial charge is 0.429 e. The summed E-state index contributed by atoms with van der Waals surface area (Å²) in [6.45, 7) is 2.24. The second kappa shape index (κ2) is 7.62. The minimum Gasteiger partial charge on any atom is -0.429 e. The first-order valence-electron chi connectivity index (χ1n) is 6.93. The molecule has 0 spiro atoms. The quantitative estimate of drug-likeness (QED) is 0.644. The Morgan fingerprint density at radius 1 is 1.52 bits per heavy atom. The molecule has 0 saturated heterocycles. The molecule has 0 aliphatic rings. The van der Waals surface area contributed by atoms with Crippen LogP contribution in [0.3, 0.4) is 0 Å². The molecule has 0 aromatic carbocycles. The van der Waals surface area contributed by atoms with Crippen molar-refractivity contribution >= 4 is 11.1 Å². The Hall–Kier alpha value is -2.10. The fourth-order valence-electron chi connectivity index (χ4n) is 1.75. The number of aliphatic hydroxyl groups is 1. The normalized spacial score (nSPS) is 10.6. The van der Waals surface area contributed by atoms with Crippen LogP contribution in [0.1, 0.15) is 31.9 Å². The van der Waals surface area contributed by atoms with Gasteiger partial charge in [-0.15, -0.1) is 0 Å². The molecule has 0 saturated carbocycles. The number of rotatable bonds is 6. The predicted molar refractivity (Wildman–Crippen MR) is 77.7 cm³/mol. The Labute approximate surface area is 122 Å². The molecule has 0 aliphatic heterocycles. The maximum absolute atomic E-state index is 11.7. The first-order valence-corrected chi connectivity index (χ1v) is 6.93. The van der Waals surface area contributed by atoms with Crippen LogP contribution in [0.25, 0.3) is 11.1 Å².